The summed E-state index contributed by atoms with van der Waals surface area (Å²) >= 11 is 0. The number of aliphatic hydroxyl groups excluding tert-OH is 2. The summed E-state index contributed by atoms with van der Waals surface area (Å²) in [6.45, 7) is 3.27. The molecule has 7 nitrogen and oxygen atoms in total. The summed E-state index contributed by atoms with van der Waals surface area (Å²) in [5, 5.41) is 26.5. The quantitative estimate of drug-likeness (QED) is 0.425. The summed E-state index contributed by atoms with van der Waals surface area (Å²) in [4.78, 5) is 22.4. The molecule has 1 rings (SSSR count). The van der Waals surface area contributed by atoms with E-state index in [-0.39, 0.29) is 31.1 Å². The molecule has 0 saturated heterocycles. The molecule has 128 valence electrons. The van der Waals surface area contributed by atoms with Gasteiger partial charge in [0.2, 0.25) is 11.8 Å². The van der Waals surface area contributed by atoms with Gasteiger partial charge in [0, 0.05) is 25.2 Å². The molecule has 0 saturated carbocycles. The topological polar surface area (TPSA) is 111 Å². The molecule has 0 unspecified atom stereocenters. The predicted octanol–water partition coefficient (Wildman–Crippen LogP) is 0.479. The Hall–Kier alpha value is -1.96. The van der Waals surface area contributed by atoms with Crippen molar-refractivity contribution in [2.24, 2.45) is 0 Å². The maximum atomic E-state index is 11.3. The number of rotatable bonds is 9. The van der Waals surface area contributed by atoms with E-state index in [0.29, 0.717) is 24.3 Å². The lowest BCUT2D eigenvalue weighted by Gasteiger charge is -2.15. The first-order valence-electron chi connectivity index (χ1n) is 7.59. The lowest BCUT2D eigenvalue weighted by atomic mass is 10.1. The number of carbonyl (C=O) groups excluding carboxylic acids is 2. The number of anilines is 2. The first-order chi connectivity index (χ1) is 11.0. The van der Waals surface area contributed by atoms with Gasteiger partial charge in [-0.3, -0.25) is 9.59 Å². The summed E-state index contributed by atoms with van der Waals surface area (Å²) in [6, 6.07) is 5.01. The van der Waals surface area contributed by atoms with E-state index in [4.69, 9.17) is 10.2 Å². The highest BCUT2D eigenvalue weighted by atomic mass is 16.3. The van der Waals surface area contributed by atoms with Crippen molar-refractivity contribution in [2.75, 3.05) is 30.4 Å². The fraction of sp³-hybridized carbons (Fsp3) is 0.500. The predicted molar refractivity (Wildman–Crippen MR) is 89.3 cm³/mol. The highest BCUT2D eigenvalue weighted by Crippen LogP contribution is 2.22. The Bertz CT molecular complexity index is 530. The van der Waals surface area contributed by atoms with Crippen molar-refractivity contribution in [1.82, 2.24) is 5.32 Å². The minimum absolute atomic E-state index is 0.119. The summed E-state index contributed by atoms with van der Waals surface area (Å²) in [5.74, 6) is -0.309. The Labute approximate surface area is 136 Å². The average molecular weight is 323 g/mol. The van der Waals surface area contributed by atoms with Crippen LogP contribution in [0.15, 0.2) is 18.2 Å². The molecule has 0 heterocycles. The van der Waals surface area contributed by atoms with Crippen LogP contribution in [-0.4, -0.2) is 47.8 Å². The van der Waals surface area contributed by atoms with Crippen molar-refractivity contribution in [3.63, 3.8) is 0 Å². The average Bonchev–Trinajstić information content (AvgIpc) is 2.48. The second-order valence-electron chi connectivity index (χ2n) is 5.35. The lowest BCUT2D eigenvalue weighted by Crippen LogP contribution is -2.36. The van der Waals surface area contributed by atoms with Gasteiger partial charge in [-0.2, -0.15) is 0 Å². The number of hydrogen-bond donors (Lipinski definition) is 5. The van der Waals surface area contributed by atoms with Crippen LogP contribution in [0.5, 0.6) is 0 Å². The summed E-state index contributed by atoms with van der Waals surface area (Å²) in [5.41, 5.74) is 2.31. The Balaban J connectivity index is 2.71. The zero-order valence-electron chi connectivity index (χ0n) is 13.6. The first-order valence-corrected chi connectivity index (χ1v) is 7.59. The zero-order valence-corrected chi connectivity index (χ0v) is 13.6. The second-order valence-corrected chi connectivity index (χ2v) is 5.35. The Kier molecular flexibility index (Phi) is 8.25. The number of nitrogens with one attached hydrogen (secondary N) is 3. The third-order valence-corrected chi connectivity index (χ3v) is 3.23. The third kappa shape index (κ3) is 7.23. The molecule has 1 aromatic carbocycles. The molecule has 2 amide bonds. The zero-order chi connectivity index (χ0) is 17.2. The molecule has 0 aliphatic rings. The SMILES string of the molecule is CC(=O)Nc1ccc(NC(C)=O)c(CCCNC(CO)CO)c1. The largest absolute Gasteiger partial charge is 0.395 e. The number of aliphatic hydroxyl groups is 2. The van der Waals surface area contributed by atoms with Crippen LogP contribution in [0, 0.1) is 0 Å². The fourth-order valence-corrected chi connectivity index (χ4v) is 2.17. The van der Waals surface area contributed by atoms with Gasteiger partial charge in [0.05, 0.1) is 19.3 Å². The molecule has 5 N–H and O–H groups in total. The molecular formula is C16H25N3O4. The Morgan fingerprint density at radius 1 is 1.09 bits per heavy atom. The van der Waals surface area contributed by atoms with Crippen molar-refractivity contribution in [2.45, 2.75) is 32.7 Å². The van der Waals surface area contributed by atoms with Gasteiger partial charge in [0.15, 0.2) is 0 Å². The Morgan fingerprint density at radius 3 is 2.30 bits per heavy atom. The van der Waals surface area contributed by atoms with Gasteiger partial charge in [-0.15, -0.1) is 0 Å². The van der Waals surface area contributed by atoms with E-state index in [1.54, 1.807) is 12.1 Å². The normalized spacial score (nSPS) is 10.7. The smallest absolute Gasteiger partial charge is 0.221 e. The minimum Gasteiger partial charge on any atom is -0.395 e. The van der Waals surface area contributed by atoms with E-state index in [1.807, 2.05) is 6.07 Å². The van der Waals surface area contributed by atoms with Gasteiger partial charge in [0.1, 0.15) is 0 Å². The van der Waals surface area contributed by atoms with Gasteiger partial charge in [0.25, 0.3) is 0 Å². The second kappa shape index (κ2) is 9.94. The molecule has 0 radical (unpaired) electrons. The Morgan fingerprint density at radius 2 is 1.74 bits per heavy atom. The molecule has 0 fully saturated rings. The number of aryl methyl sites for hydroxylation is 1. The van der Waals surface area contributed by atoms with E-state index in [2.05, 4.69) is 16.0 Å². The summed E-state index contributed by atoms with van der Waals surface area (Å²) in [7, 11) is 0. The number of hydrogen-bond acceptors (Lipinski definition) is 5. The molecule has 0 bridgehead atoms. The molecule has 0 aliphatic heterocycles. The van der Waals surface area contributed by atoms with Crippen LogP contribution in [0.3, 0.4) is 0 Å². The van der Waals surface area contributed by atoms with Crippen LogP contribution < -0.4 is 16.0 Å². The van der Waals surface area contributed by atoms with Crippen molar-refractivity contribution in [3.05, 3.63) is 23.8 Å². The van der Waals surface area contributed by atoms with Crippen LogP contribution in [0.2, 0.25) is 0 Å². The molecule has 0 atom stereocenters. The number of carbonyl (C=O) groups is 2. The standard InChI is InChI=1S/C16H25N3O4/c1-11(22)18-14-5-6-16(19-12(2)23)13(8-14)4-3-7-17-15(9-20)10-21/h5-6,8,15,17,20-21H,3-4,7,9-10H2,1-2H3,(H,18,22)(H,19,23). The van der Waals surface area contributed by atoms with Crippen LogP contribution in [0.4, 0.5) is 11.4 Å². The molecular weight excluding hydrogens is 298 g/mol. The van der Waals surface area contributed by atoms with Crippen molar-refractivity contribution in [1.29, 1.82) is 0 Å². The van der Waals surface area contributed by atoms with Crippen molar-refractivity contribution in [3.8, 4) is 0 Å². The van der Waals surface area contributed by atoms with Gasteiger partial charge >= 0.3 is 0 Å². The van der Waals surface area contributed by atoms with E-state index in [0.717, 1.165) is 12.0 Å². The molecule has 0 spiro atoms. The molecule has 0 aromatic heterocycles. The first kappa shape index (κ1) is 19.1. The monoisotopic (exact) mass is 323 g/mol. The van der Waals surface area contributed by atoms with Gasteiger partial charge in [-0.1, -0.05) is 0 Å². The molecule has 7 heteroatoms. The minimum atomic E-state index is -0.324. The maximum absolute atomic E-state index is 11.3. The van der Waals surface area contributed by atoms with Gasteiger partial charge in [-0.05, 0) is 43.1 Å². The summed E-state index contributed by atoms with van der Waals surface area (Å²) < 4.78 is 0. The van der Waals surface area contributed by atoms with Crippen LogP contribution in [0.1, 0.15) is 25.8 Å². The van der Waals surface area contributed by atoms with E-state index >= 15 is 0 Å². The van der Waals surface area contributed by atoms with E-state index in [1.165, 1.54) is 13.8 Å². The maximum Gasteiger partial charge on any atom is 0.221 e. The number of amides is 2. The summed E-state index contributed by atoms with van der Waals surface area (Å²) in [6.07, 6.45) is 1.44. The highest BCUT2D eigenvalue weighted by Gasteiger charge is 2.08. The van der Waals surface area contributed by atoms with Crippen LogP contribution in [-0.2, 0) is 16.0 Å². The van der Waals surface area contributed by atoms with Crippen LogP contribution >= 0.6 is 0 Å². The highest BCUT2D eigenvalue weighted by molar-refractivity contribution is 5.92. The van der Waals surface area contributed by atoms with Gasteiger partial charge < -0.3 is 26.2 Å². The number of benzene rings is 1. The van der Waals surface area contributed by atoms with E-state index in [9.17, 15) is 9.59 Å². The fourth-order valence-electron chi connectivity index (χ4n) is 2.17. The third-order valence-electron chi connectivity index (χ3n) is 3.23. The van der Waals surface area contributed by atoms with Gasteiger partial charge in [-0.25, -0.2) is 0 Å². The molecule has 0 aliphatic carbocycles. The van der Waals surface area contributed by atoms with E-state index < -0.39 is 0 Å². The molecule has 1 aromatic rings. The van der Waals surface area contributed by atoms with Crippen LogP contribution in [0.25, 0.3) is 0 Å². The lowest BCUT2D eigenvalue weighted by molar-refractivity contribution is -0.115. The van der Waals surface area contributed by atoms with Crippen molar-refractivity contribution < 1.29 is 19.8 Å². The molecule has 23 heavy (non-hydrogen) atoms. The van der Waals surface area contributed by atoms with Crippen molar-refractivity contribution >= 4 is 23.2 Å².